The number of anilines is 2. The van der Waals surface area contributed by atoms with Crippen molar-refractivity contribution < 1.29 is 4.42 Å². The van der Waals surface area contributed by atoms with Gasteiger partial charge in [-0.2, -0.15) is 4.98 Å². The van der Waals surface area contributed by atoms with Crippen LogP contribution in [0.25, 0.3) is 27.6 Å². The zero-order valence-electron chi connectivity index (χ0n) is 14.5. The number of benzene rings is 2. The lowest BCUT2D eigenvalue weighted by Gasteiger charge is -2.14. The normalized spacial score (nSPS) is 11.2. The lowest BCUT2D eigenvalue weighted by Crippen LogP contribution is -2.23. The SMILES string of the molecule is O=c1nc(Nc2ccncc2)c2c3occc3c(Cl)cc2n1-c1ccccc1. The first kappa shape index (κ1) is 16.5. The summed E-state index contributed by atoms with van der Waals surface area (Å²) >= 11 is 6.48. The summed E-state index contributed by atoms with van der Waals surface area (Å²) in [5, 5.41) is 5.13. The maximum absolute atomic E-state index is 13.0. The number of fused-ring (bicyclic) bond motifs is 3. The van der Waals surface area contributed by atoms with E-state index < -0.39 is 5.69 Å². The average Bonchev–Trinajstić information content (AvgIpc) is 3.20. The highest BCUT2D eigenvalue weighted by atomic mass is 35.5. The molecule has 136 valence electrons. The smallest absolute Gasteiger partial charge is 0.354 e. The van der Waals surface area contributed by atoms with Gasteiger partial charge in [-0.1, -0.05) is 29.8 Å². The van der Waals surface area contributed by atoms with Gasteiger partial charge in [0.05, 0.1) is 27.9 Å². The molecule has 2 aromatic carbocycles. The van der Waals surface area contributed by atoms with E-state index in [1.54, 1.807) is 42.9 Å². The Morgan fingerprint density at radius 2 is 1.82 bits per heavy atom. The van der Waals surface area contributed by atoms with E-state index >= 15 is 0 Å². The van der Waals surface area contributed by atoms with Gasteiger partial charge in [0, 0.05) is 23.5 Å². The average molecular weight is 389 g/mol. The topological polar surface area (TPSA) is 73.0 Å². The third-order valence-electron chi connectivity index (χ3n) is 4.50. The Morgan fingerprint density at radius 3 is 2.61 bits per heavy atom. The summed E-state index contributed by atoms with van der Waals surface area (Å²) in [6.07, 6.45) is 4.90. The lowest BCUT2D eigenvalue weighted by atomic mass is 10.1. The quantitative estimate of drug-likeness (QED) is 0.474. The number of furan rings is 1. The van der Waals surface area contributed by atoms with Gasteiger partial charge in [0.1, 0.15) is 11.4 Å². The number of aromatic nitrogens is 3. The summed E-state index contributed by atoms with van der Waals surface area (Å²) in [5.74, 6) is 0.398. The van der Waals surface area contributed by atoms with Crippen LogP contribution < -0.4 is 11.0 Å². The molecule has 7 heteroatoms. The molecule has 3 heterocycles. The van der Waals surface area contributed by atoms with Gasteiger partial charge in [-0.3, -0.25) is 9.55 Å². The Bertz CT molecular complexity index is 1360. The molecule has 28 heavy (non-hydrogen) atoms. The van der Waals surface area contributed by atoms with E-state index in [1.807, 2.05) is 30.3 Å². The molecule has 5 rings (SSSR count). The Morgan fingerprint density at radius 1 is 1.04 bits per heavy atom. The third-order valence-corrected chi connectivity index (χ3v) is 4.82. The van der Waals surface area contributed by atoms with Crippen molar-refractivity contribution >= 4 is 45.0 Å². The van der Waals surface area contributed by atoms with E-state index in [2.05, 4.69) is 15.3 Å². The predicted octanol–water partition coefficient (Wildman–Crippen LogP) is 4.92. The molecule has 0 unspecified atom stereocenters. The van der Waals surface area contributed by atoms with Crippen LogP contribution >= 0.6 is 11.6 Å². The Kier molecular flexibility index (Phi) is 3.84. The summed E-state index contributed by atoms with van der Waals surface area (Å²) < 4.78 is 7.26. The second-order valence-corrected chi connectivity index (χ2v) is 6.60. The van der Waals surface area contributed by atoms with E-state index in [1.165, 1.54) is 4.57 Å². The molecular weight excluding hydrogens is 376 g/mol. The van der Waals surface area contributed by atoms with Gasteiger partial charge >= 0.3 is 5.69 Å². The van der Waals surface area contributed by atoms with Crippen molar-refractivity contribution in [1.82, 2.24) is 14.5 Å². The zero-order chi connectivity index (χ0) is 19.1. The first-order valence-electron chi connectivity index (χ1n) is 8.57. The number of pyridine rings is 1. The van der Waals surface area contributed by atoms with Crippen molar-refractivity contribution in [3.05, 3.63) is 88.8 Å². The van der Waals surface area contributed by atoms with Gasteiger partial charge in [-0.15, -0.1) is 0 Å². The van der Waals surface area contributed by atoms with Crippen LogP contribution in [0, 0.1) is 0 Å². The number of hydrogen-bond acceptors (Lipinski definition) is 5. The molecule has 0 fully saturated rings. The van der Waals surface area contributed by atoms with Crippen LogP contribution in [0.15, 0.2) is 82.5 Å². The zero-order valence-corrected chi connectivity index (χ0v) is 15.2. The van der Waals surface area contributed by atoms with Crippen molar-refractivity contribution in [2.24, 2.45) is 0 Å². The highest BCUT2D eigenvalue weighted by Crippen LogP contribution is 2.36. The highest BCUT2D eigenvalue weighted by molar-refractivity contribution is 6.37. The molecule has 0 bridgehead atoms. The van der Waals surface area contributed by atoms with Crippen LogP contribution in [-0.2, 0) is 0 Å². The molecule has 6 nitrogen and oxygen atoms in total. The number of halogens is 1. The second kappa shape index (κ2) is 6.51. The van der Waals surface area contributed by atoms with Crippen LogP contribution in [0.1, 0.15) is 0 Å². The fraction of sp³-hybridized carbons (Fsp3) is 0. The number of hydrogen-bond donors (Lipinski definition) is 1. The summed E-state index contributed by atoms with van der Waals surface area (Å²) in [4.78, 5) is 21.3. The summed E-state index contributed by atoms with van der Waals surface area (Å²) in [5.41, 5.74) is 2.21. The van der Waals surface area contributed by atoms with E-state index in [-0.39, 0.29) is 0 Å². The van der Waals surface area contributed by atoms with Crippen molar-refractivity contribution in [1.29, 1.82) is 0 Å². The Balaban J connectivity index is 1.89. The second-order valence-electron chi connectivity index (χ2n) is 6.19. The molecule has 0 saturated carbocycles. The largest absolute Gasteiger partial charge is 0.463 e. The van der Waals surface area contributed by atoms with Crippen LogP contribution in [0.3, 0.4) is 0 Å². The monoisotopic (exact) mass is 388 g/mol. The van der Waals surface area contributed by atoms with Gasteiger partial charge in [-0.25, -0.2) is 4.79 Å². The molecule has 0 saturated heterocycles. The standard InChI is InChI=1S/C21H13ClN4O2/c22-16-12-17-18(19-15(16)8-11-28-19)20(24-13-6-9-23-10-7-13)25-21(27)26(17)14-4-2-1-3-5-14/h1-12H,(H,23,24,25,27). The first-order valence-corrected chi connectivity index (χ1v) is 8.95. The van der Waals surface area contributed by atoms with Crippen molar-refractivity contribution in [3.8, 4) is 5.69 Å². The van der Waals surface area contributed by atoms with Gasteiger partial charge in [0.15, 0.2) is 0 Å². The molecular formula is C21H13ClN4O2. The minimum atomic E-state index is -0.419. The van der Waals surface area contributed by atoms with Crippen LogP contribution in [0.5, 0.6) is 0 Å². The molecule has 0 spiro atoms. The molecule has 0 atom stereocenters. The Hall–Kier alpha value is -3.64. The van der Waals surface area contributed by atoms with E-state index in [9.17, 15) is 4.79 Å². The molecule has 0 aliphatic heterocycles. The van der Waals surface area contributed by atoms with Gasteiger partial charge in [0.2, 0.25) is 0 Å². The Labute approximate surface area is 164 Å². The first-order chi connectivity index (χ1) is 13.7. The van der Waals surface area contributed by atoms with E-state index in [0.29, 0.717) is 33.0 Å². The summed E-state index contributed by atoms with van der Waals surface area (Å²) in [7, 11) is 0. The molecule has 0 amide bonds. The predicted molar refractivity (Wildman–Crippen MR) is 110 cm³/mol. The van der Waals surface area contributed by atoms with Crippen molar-refractivity contribution in [3.63, 3.8) is 0 Å². The van der Waals surface area contributed by atoms with Crippen molar-refractivity contribution in [2.75, 3.05) is 5.32 Å². The van der Waals surface area contributed by atoms with E-state index in [0.717, 1.165) is 11.1 Å². The van der Waals surface area contributed by atoms with Gasteiger partial charge < -0.3 is 9.73 Å². The molecule has 5 aromatic rings. The molecule has 0 radical (unpaired) electrons. The van der Waals surface area contributed by atoms with Gasteiger partial charge in [0.25, 0.3) is 0 Å². The fourth-order valence-electron chi connectivity index (χ4n) is 3.28. The highest BCUT2D eigenvalue weighted by Gasteiger charge is 2.19. The van der Waals surface area contributed by atoms with Gasteiger partial charge in [-0.05, 0) is 36.4 Å². The minimum Gasteiger partial charge on any atom is -0.463 e. The third kappa shape index (κ3) is 2.62. The maximum atomic E-state index is 13.0. The maximum Gasteiger partial charge on any atom is 0.354 e. The van der Waals surface area contributed by atoms with Crippen molar-refractivity contribution in [2.45, 2.75) is 0 Å². The van der Waals surface area contributed by atoms with Crippen LogP contribution in [-0.4, -0.2) is 14.5 Å². The molecule has 0 aliphatic rings. The number of rotatable bonds is 3. The molecule has 3 aromatic heterocycles. The lowest BCUT2D eigenvalue weighted by molar-refractivity contribution is 0.619. The van der Waals surface area contributed by atoms with Crippen LogP contribution in [0.4, 0.5) is 11.5 Å². The minimum absolute atomic E-state index is 0.398. The number of nitrogens with zero attached hydrogens (tertiary/aromatic N) is 3. The van der Waals surface area contributed by atoms with Crippen LogP contribution in [0.2, 0.25) is 5.02 Å². The fourth-order valence-corrected chi connectivity index (χ4v) is 3.53. The molecule has 1 N–H and O–H groups in total. The van der Waals surface area contributed by atoms with E-state index in [4.69, 9.17) is 16.0 Å². The number of para-hydroxylation sites is 1. The summed E-state index contributed by atoms with van der Waals surface area (Å²) in [6.45, 7) is 0. The molecule has 0 aliphatic carbocycles. The summed E-state index contributed by atoms with van der Waals surface area (Å²) in [6, 6.07) is 16.5. The number of nitrogens with one attached hydrogen (secondary N) is 1.